The highest BCUT2D eigenvalue weighted by Crippen LogP contribution is 2.23. The van der Waals surface area contributed by atoms with Crippen molar-refractivity contribution >= 4 is 39.1 Å². The monoisotopic (exact) mass is 352 g/mol. The van der Waals surface area contributed by atoms with Crippen LogP contribution >= 0.6 is 11.3 Å². The molecule has 0 bridgehead atoms. The van der Waals surface area contributed by atoms with Crippen molar-refractivity contribution in [2.45, 2.75) is 19.4 Å². The normalized spacial score (nSPS) is 14.2. The first-order valence-corrected chi connectivity index (χ1v) is 8.94. The maximum absolute atomic E-state index is 12.2. The Morgan fingerprint density at radius 1 is 1.16 bits per heavy atom. The molecule has 0 atom stereocenters. The molecule has 25 heavy (non-hydrogen) atoms. The predicted octanol–water partition coefficient (Wildman–Crippen LogP) is 3.78. The number of benzene rings is 2. The first-order chi connectivity index (χ1) is 12.2. The van der Waals surface area contributed by atoms with E-state index < -0.39 is 5.97 Å². The molecule has 6 heteroatoms. The van der Waals surface area contributed by atoms with Gasteiger partial charge in [-0.15, -0.1) is 11.3 Å². The van der Waals surface area contributed by atoms with Crippen LogP contribution in [0.3, 0.4) is 0 Å². The highest BCUT2D eigenvalue weighted by atomic mass is 32.1. The Morgan fingerprint density at radius 2 is 1.96 bits per heavy atom. The minimum absolute atomic E-state index is 0.131. The summed E-state index contributed by atoms with van der Waals surface area (Å²) in [4.78, 5) is 30.2. The third kappa shape index (κ3) is 3.25. The summed E-state index contributed by atoms with van der Waals surface area (Å²) < 4.78 is 6.44. The molecule has 1 aromatic heterocycles. The zero-order chi connectivity index (χ0) is 17.2. The Kier molecular flexibility index (Phi) is 4.19. The molecule has 1 aliphatic rings. The second-order valence-electron chi connectivity index (χ2n) is 5.85. The second kappa shape index (κ2) is 6.64. The van der Waals surface area contributed by atoms with E-state index in [9.17, 15) is 9.59 Å². The van der Waals surface area contributed by atoms with Crippen molar-refractivity contribution < 1.29 is 14.3 Å². The molecule has 0 saturated carbocycles. The topological polar surface area (TPSA) is 59.5 Å². The molecule has 0 unspecified atom stereocenters. The summed E-state index contributed by atoms with van der Waals surface area (Å²) in [6, 6.07) is 14.8. The Hall–Kier alpha value is -2.73. The number of nitrogens with zero attached hydrogens (tertiary/aromatic N) is 2. The molecule has 126 valence electrons. The third-order valence-electron chi connectivity index (χ3n) is 4.15. The number of thiazole rings is 1. The van der Waals surface area contributed by atoms with Gasteiger partial charge in [0.2, 0.25) is 5.91 Å². The molecule has 2 aromatic carbocycles. The van der Waals surface area contributed by atoms with Crippen LogP contribution in [0, 0.1) is 0 Å². The largest absolute Gasteiger partial charge is 0.455 e. The fourth-order valence-electron chi connectivity index (χ4n) is 2.89. The van der Waals surface area contributed by atoms with E-state index in [-0.39, 0.29) is 12.5 Å². The number of amides is 1. The van der Waals surface area contributed by atoms with E-state index in [4.69, 9.17) is 4.74 Å². The van der Waals surface area contributed by atoms with Gasteiger partial charge < -0.3 is 9.64 Å². The molecule has 5 nitrogen and oxygen atoms in total. The van der Waals surface area contributed by atoms with E-state index in [2.05, 4.69) is 4.98 Å². The zero-order valence-electron chi connectivity index (χ0n) is 13.5. The van der Waals surface area contributed by atoms with Gasteiger partial charge in [-0.1, -0.05) is 12.1 Å². The first-order valence-electron chi connectivity index (χ1n) is 8.13. The molecule has 1 fully saturated rings. The third-order valence-corrected chi connectivity index (χ3v) is 5.16. The Balaban J connectivity index is 1.41. The molecular formula is C19H16N2O3S. The molecule has 4 rings (SSSR count). The fraction of sp³-hybridized carbons (Fsp3) is 0.211. The number of fused-ring (bicyclic) bond motifs is 1. The van der Waals surface area contributed by atoms with E-state index in [1.54, 1.807) is 29.2 Å². The number of carbonyl (C=O) groups excluding carboxylic acids is 2. The van der Waals surface area contributed by atoms with Crippen molar-refractivity contribution in [3.05, 3.63) is 59.1 Å². The van der Waals surface area contributed by atoms with E-state index in [0.717, 1.165) is 33.9 Å². The van der Waals surface area contributed by atoms with Crippen molar-refractivity contribution in [2.24, 2.45) is 0 Å². The summed E-state index contributed by atoms with van der Waals surface area (Å²) in [6.45, 7) is 0.894. The lowest BCUT2D eigenvalue weighted by atomic mass is 10.2. The lowest BCUT2D eigenvalue weighted by Crippen LogP contribution is -2.23. The zero-order valence-corrected chi connectivity index (χ0v) is 14.3. The van der Waals surface area contributed by atoms with E-state index in [1.807, 2.05) is 24.3 Å². The van der Waals surface area contributed by atoms with Crippen LogP contribution in [-0.2, 0) is 16.1 Å². The maximum atomic E-state index is 12.2. The number of hydrogen-bond donors (Lipinski definition) is 0. The first kappa shape index (κ1) is 15.8. The van der Waals surface area contributed by atoms with Gasteiger partial charge in [-0.3, -0.25) is 4.79 Å². The molecule has 0 radical (unpaired) electrons. The molecule has 1 aliphatic heterocycles. The van der Waals surface area contributed by atoms with Gasteiger partial charge in [-0.2, -0.15) is 0 Å². The summed E-state index contributed by atoms with van der Waals surface area (Å²) in [5, 5.41) is 0.772. The molecule has 0 N–H and O–H groups in total. The van der Waals surface area contributed by atoms with Crippen LogP contribution in [-0.4, -0.2) is 23.4 Å². The smallest absolute Gasteiger partial charge is 0.338 e. The Morgan fingerprint density at radius 3 is 2.68 bits per heavy atom. The lowest BCUT2D eigenvalue weighted by Gasteiger charge is -2.15. The molecule has 1 amide bonds. The summed E-state index contributed by atoms with van der Waals surface area (Å²) in [6.07, 6.45) is 1.47. The van der Waals surface area contributed by atoms with Gasteiger partial charge in [0.25, 0.3) is 0 Å². The van der Waals surface area contributed by atoms with Crippen molar-refractivity contribution in [3.8, 4) is 0 Å². The minimum atomic E-state index is -0.390. The van der Waals surface area contributed by atoms with Gasteiger partial charge >= 0.3 is 5.97 Å². The molecule has 3 aromatic rings. The average molecular weight is 352 g/mol. The number of carbonyl (C=O) groups is 2. The highest BCUT2D eigenvalue weighted by molar-refractivity contribution is 7.18. The summed E-state index contributed by atoms with van der Waals surface area (Å²) >= 11 is 1.52. The summed E-state index contributed by atoms with van der Waals surface area (Å²) in [7, 11) is 0. The number of ether oxygens (including phenoxy) is 1. The standard InChI is InChI=1S/C19H16N2O3S/c22-18-6-3-11-21(18)14-9-7-13(8-10-14)19(23)24-12-17-20-15-4-1-2-5-16(15)25-17/h1-2,4-5,7-10H,3,6,11-12H2. The summed E-state index contributed by atoms with van der Waals surface area (Å²) in [5.41, 5.74) is 2.21. The van der Waals surface area contributed by atoms with E-state index in [1.165, 1.54) is 11.3 Å². The van der Waals surface area contributed by atoms with Crippen molar-refractivity contribution in [3.63, 3.8) is 0 Å². The van der Waals surface area contributed by atoms with Gasteiger partial charge in [0.1, 0.15) is 11.6 Å². The Labute approximate surface area is 148 Å². The van der Waals surface area contributed by atoms with Crippen LogP contribution in [0.4, 0.5) is 5.69 Å². The minimum Gasteiger partial charge on any atom is -0.455 e. The van der Waals surface area contributed by atoms with Crippen LogP contribution in [0.25, 0.3) is 10.2 Å². The average Bonchev–Trinajstić information content (AvgIpc) is 3.25. The van der Waals surface area contributed by atoms with Gasteiger partial charge in [0, 0.05) is 18.7 Å². The second-order valence-corrected chi connectivity index (χ2v) is 6.96. The van der Waals surface area contributed by atoms with Crippen LogP contribution in [0.2, 0.25) is 0 Å². The maximum Gasteiger partial charge on any atom is 0.338 e. The predicted molar refractivity (Wildman–Crippen MR) is 96.8 cm³/mol. The Bertz CT molecular complexity index is 900. The highest BCUT2D eigenvalue weighted by Gasteiger charge is 2.21. The van der Waals surface area contributed by atoms with Gasteiger partial charge in [-0.25, -0.2) is 9.78 Å². The molecule has 2 heterocycles. The molecule has 0 aliphatic carbocycles. The quantitative estimate of drug-likeness (QED) is 0.671. The number of aromatic nitrogens is 1. The van der Waals surface area contributed by atoms with Crippen LogP contribution in [0.15, 0.2) is 48.5 Å². The number of para-hydroxylation sites is 1. The molecular weight excluding hydrogens is 336 g/mol. The number of rotatable bonds is 4. The fourth-order valence-corrected chi connectivity index (χ4v) is 3.77. The van der Waals surface area contributed by atoms with Crippen molar-refractivity contribution in [2.75, 3.05) is 11.4 Å². The van der Waals surface area contributed by atoms with Crippen molar-refractivity contribution in [1.82, 2.24) is 4.98 Å². The van der Waals surface area contributed by atoms with Crippen LogP contribution < -0.4 is 4.90 Å². The number of hydrogen-bond acceptors (Lipinski definition) is 5. The summed E-state index contributed by atoms with van der Waals surface area (Å²) in [5.74, 6) is -0.260. The van der Waals surface area contributed by atoms with Crippen molar-refractivity contribution in [1.29, 1.82) is 0 Å². The lowest BCUT2D eigenvalue weighted by molar-refractivity contribution is -0.117. The van der Waals surface area contributed by atoms with Crippen LogP contribution in [0.5, 0.6) is 0 Å². The SMILES string of the molecule is O=C(OCc1nc2ccccc2s1)c1ccc(N2CCCC2=O)cc1. The number of esters is 1. The van der Waals surface area contributed by atoms with Crippen LogP contribution in [0.1, 0.15) is 28.2 Å². The van der Waals surface area contributed by atoms with Gasteiger partial charge in [-0.05, 0) is 42.8 Å². The molecule has 1 saturated heterocycles. The van der Waals surface area contributed by atoms with E-state index >= 15 is 0 Å². The van der Waals surface area contributed by atoms with Gasteiger partial charge in [0.15, 0.2) is 0 Å². The number of anilines is 1. The van der Waals surface area contributed by atoms with E-state index in [0.29, 0.717) is 12.0 Å². The van der Waals surface area contributed by atoms with Gasteiger partial charge in [0.05, 0.1) is 15.8 Å². The molecule has 0 spiro atoms.